The Morgan fingerprint density at radius 2 is 2.08 bits per heavy atom. The Morgan fingerprint density at radius 1 is 1.28 bits per heavy atom. The first-order valence-electron chi connectivity index (χ1n) is 7.80. The molecule has 0 aliphatic rings. The summed E-state index contributed by atoms with van der Waals surface area (Å²) < 4.78 is 11.9. The summed E-state index contributed by atoms with van der Waals surface area (Å²) in [6.07, 6.45) is 0.750. The van der Waals surface area contributed by atoms with E-state index in [1.807, 2.05) is 12.1 Å². The highest BCUT2D eigenvalue weighted by atomic mass is 35.5. The molecule has 0 aliphatic carbocycles. The van der Waals surface area contributed by atoms with Gasteiger partial charge in [0.15, 0.2) is 5.58 Å². The molecule has 6 nitrogen and oxygen atoms in total. The molecule has 0 atom stereocenters. The van der Waals surface area contributed by atoms with Crippen molar-refractivity contribution < 1.29 is 13.9 Å². The number of anilines is 1. The van der Waals surface area contributed by atoms with Crippen LogP contribution in [-0.4, -0.2) is 17.6 Å². The SMILES string of the molecule is COc1ccc(Cl)cc1NC(=O)CCCn1c(=O)oc2ccccc21. The Labute approximate surface area is 149 Å². The van der Waals surface area contributed by atoms with Gasteiger partial charge in [0.2, 0.25) is 5.91 Å². The average molecular weight is 361 g/mol. The van der Waals surface area contributed by atoms with Crippen LogP contribution in [0.15, 0.2) is 51.7 Å². The number of aryl methyl sites for hydroxylation is 1. The van der Waals surface area contributed by atoms with Crippen LogP contribution < -0.4 is 15.8 Å². The molecule has 0 bridgehead atoms. The molecule has 3 aromatic rings. The number of ether oxygens (including phenoxy) is 1. The first-order chi connectivity index (χ1) is 12.1. The number of halogens is 1. The number of aromatic nitrogens is 1. The van der Waals surface area contributed by atoms with Crippen LogP contribution in [0.5, 0.6) is 5.75 Å². The fourth-order valence-corrected chi connectivity index (χ4v) is 2.79. The van der Waals surface area contributed by atoms with Crippen LogP contribution in [0.2, 0.25) is 5.02 Å². The molecule has 7 heteroatoms. The lowest BCUT2D eigenvalue weighted by Crippen LogP contribution is -2.17. The highest BCUT2D eigenvalue weighted by Gasteiger charge is 2.11. The highest BCUT2D eigenvalue weighted by molar-refractivity contribution is 6.31. The number of nitrogens with zero attached hydrogens (tertiary/aromatic N) is 1. The lowest BCUT2D eigenvalue weighted by Gasteiger charge is -2.10. The molecule has 1 aromatic heterocycles. The van der Waals surface area contributed by atoms with Gasteiger partial charge in [-0.1, -0.05) is 23.7 Å². The number of hydrogen-bond acceptors (Lipinski definition) is 4. The maximum Gasteiger partial charge on any atom is 0.419 e. The van der Waals surface area contributed by atoms with Gasteiger partial charge in [0.25, 0.3) is 0 Å². The van der Waals surface area contributed by atoms with Gasteiger partial charge in [-0.25, -0.2) is 4.79 Å². The normalized spacial score (nSPS) is 10.8. The number of carbonyl (C=O) groups excluding carboxylic acids is 1. The quantitative estimate of drug-likeness (QED) is 0.727. The van der Waals surface area contributed by atoms with Crippen LogP contribution in [0.3, 0.4) is 0 Å². The molecular formula is C18H17ClN2O4. The summed E-state index contributed by atoms with van der Waals surface area (Å²) in [7, 11) is 1.52. The molecule has 0 radical (unpaired) electrons. The van der Waals surface area contributed by atoms with Crippen molar-refractivity contribution in [2.24, 2.45) is 0 Å². The Hall–Kier alpha value is -2.73. The summed E-state index contributed by atoms with van der Waals surface area (Å²) in [5.41, 5.74) is 1.79. The second-order valence-corrected chi connectivity index (χ2v) is 5.92. The van der Waals surface area contributed by atoms with Gasteiger partial charge in [-0.05, 0) is 36.8 Å². The summed E-state index contributed by atoms with van der Waals surface area (Å²) in [5.74, 6) is -0.0608. The van der Waals surface area contributed by atoms with E-state index in [0.29, 0.717) is 35.0 Å². The maximum absolute atomic E-state index is 12.1. The molecule has 25 heavy (non-hydrogen) atoms. The fraction of sp³-hybridized carbons (Fsp3) is 0.222. The molecule has 1 amide bonds. The van der Waals surface area contributed by atoms with Crippen LogP contribution in [0.1, 0.15) is 12.8 Å². The summed E-state index contributed by atoms with van der Waals surface area (Å²) in [5, 5.41) is 3.28. The third-order valence-electron chi connectivity index (χ3n) is 3.79. The first kappa shape index (κ1) is 17.1. The zero-order chi connectivity index (χ0) is 17.8. The van der Waals surface area contributed by atoms with Gasteiger partial charge in [0.1, 0.15) is 5.75 Å². The highest BCUT2D eigenvalue weighted by Crippen LogP contribution is 2.27. The molecule has 3 rings (SSSR count). The lowest BCUT2D eigenvalue weighted by molar-refractivity contribution is -0.116. The molecule has 0 fully saturated rings. The van der Waals surface area contributed by atoms with Crippen LogP contribution >= 0.6 is 11.6 Å². The van der Waals surface area contributed by atoms with Gasteiger partial charge < -0.3 is 14.5 Å². The number of carbonyl (C=O) groups is 1. The second kappa shape index (κ2) is 7.44. The Morgan fingerprint density at radius 3 is 2.88 bits per heavy atom. The van der Waals surface area contributed by atoms with Crippen LogP contribution in [0.25, 0.3) is 11.1 Å². The summed E-state index contributed by atoms with van der Waals surface area (Å²) in [6, 6.07) is 12.2. The molecule has 0 spiro atoms. The molecule has 1 N–H and O–H groups in total. The van der Waals surface area contributed by atoms with E-state index in [2.05, 4.69) is 5.32 Å². The molecule has 0 saturated heterocycles. The third-order valence-corrected chi connectivity index (χ3v) is 4.03. The van der Waals surface area contributed by atoms with Crippen molar-refractivity contribution >= 4 is 34.3 Å². The van der Waals surface area contributed by atoms with Crippen molar-refractivity contribution in [1.29, 1.82) is 0 Å². The number of rotatable bonds is 6. The van der Waals surface area contributed by atoms with Crippen molar-refractivity contribution in [1.82, 2.24) is 4.57 Å². The Balaban J connectivity index is 1.62. The van der Waals surface area contributed by atoms with Gasteiger partial charge in [-0.15, -0.1) is 0 Å². The predicted octanol–water partition coefficient (Wildman–Crippen LogP) is 3.68. The minimum absolute atomic E-state index is 0.179. The van der Waals surface area contributed by atoms with E-state index in [0.717, 1.165) is 5.52 Å². The minimum atomic E-state index is -0.418. The van der Waals surface area contributed by atoms with Crippen LogP contribution in [-0.2, 0) is 11.3 Å². The first-order valence-corrected chi connectivity index (χ1v) is 8.18. The third kappa shape index (κ3) is 3.85. The van der Waals surface area contributed by atoms with Crippen molar-refractivity contribution in [2.45, 2.75) is 19.4 Å². The van der Waals surface area contributed by atoms with Gasteiger partial charge in [0, 0.05) is 18.0 Å². The standard InChI is InChI=1S/C18H17ClN2O4/c1-24-15-9-8-12(19)11-13(15)20-17(22)7-4-10-21-14-5-2-3-6-16(14)25-18(21)23/h2-3,5-6,8-9,11H,4,7,10H2,1H3,(H,20,22). The number of benzene rings is 2. The number of oxazole rings is 1. The van der Waals surface area contributed by atoms with E-state index in [-0.39, 0.29) is 12.3 Å². The van der Waals surface area contributed by atoms with E-state index >= 15 is 0 Å². The fourth-order valence-electron chi connectivity index (χ4n) is 2.61. The van der Waals surface area contributed by atoms with Crippen molar-refractivity contribution in [3.8, 4) is 5.75 Å². The van der Waals surface area contributed by atoms with Crippen LogP contribution in [0.4, 0.5) is 5.69 Å². The molecule has 2 aromatic carbocycles. The predicted molar refractivity (Wildman–Crippen MR) is 96.3 cm³/mol. The van der Waals surface area contributed by atoms with Gasteiger partial charge >= 0.3 is 5.76 Å². The van der Waals surface area contributed by atoms with Crippen molar-refractivity contribution in [3.05, 3.63) is 58.0 Å². The lowest BCUT2D eigenvalue weighted by atomic mass is 10.2. The van der Waals surface area contributed by atoms with Gasteiger partial charge in [0.05, 0.1) is 18.3 Å². The zero-order valence-corrected chi connectivity index (χ0v) is 14.4. The molecule has 0 unspecified atom stereocenters. The number of hydrogen-bond donors (Lipinski definition) is 1. The van der Waals surface area contributed by atoms with E-state index in [1.165, 1.54) is 11.7 Å². The number of amides is 1. The van der Waals surface area contributed by atoms with E-state index in [1.54, 1.807) is 30.3 Å². The van der Waals surface area contributed by atoms with E-state index in [4.69, 9.17) is 20.8 Å². The maximum atomic E-state index is 12.1. The minimum Gasteiger partial charge on any atom is -0.495 e. The molecule has 1 heterocycles. The molecular weight excluding hydrogens is 344 g/mol. The van der Waals surface area contributed by atoms with Gasteiger partial charge in [-0.2, -0.15) is 0 Å². The smallest absolute Gasteiger partial charge is 0.419 e. The average Bonchev–Trinajstić information content (AvgIpc) is 2.91. The molecule has 0 saturated carbocycles. The van der Waals surface area contributed by atoms with Crippen LogP contribution in [0, 0.1) is 0 Å². The second-order valence-electron chi connectivity index (χ2n) is 5.48. The summed E-state index contributed by atoms with van der Waals surface area (Å²) >= 11 is 5.95. The number of para-hydroxylation sites is 2. The van der Waals surface area contributed by atoms with Crippen molar-refractivity contribution in [3.63, 3.8) is 0 Å². The summed E-state index contributed by atoms with van der Waals surface area (Å²) in [6.45, 7) is 0.399. The van der Waals surface area contributed by atoms with E-state index < -0.39 is 5.76 Å². The monoisotopic (exact) mass is 360 g/mol. The number of fused-ring (bicyclic) bond motifs is 1. The molecule has 0 aliphatic heterocycles. The summed E-state index contributed by atoms with van der Waals surface area (Å²) in [4.78, 5) is 24.0. The number of nitrogens with one attached hydrogen (secondary N) is 1. The van der Waals surface area contributed by atoms with Crippen molar-refractivity contribution in [2.75, 3.05) is 12.4 Å². The number of methoxy groups -OCH3 is 1. The Kier molecular flexibility index (Phi) is 5.09. The van der Waals surface area contributed by atoms with E-state index in [9.17, 15) is 9.59 Å². The topological polar surface area (TPSA) is 73.5 Å². The molecule has 130 valence electrons. The largest absolute Gasteiger partial charge is 0.495 e. The zero-order valence-electron chi connectivity index (χ0n) is 13.6. The Bertz CT molecular complexity index is 961. The van der Waals surface area contributed by atoms with Gasteiger partial charge in [-0.3, -0.25) is 9.36 Å².